The zero-order valence-electron chi connectivity index (χ0n) is 8.89. The molecule has 2 aromatic heterocycles. The van der Waals surface area contributed by atoms with E-state index in [0.29, 0.717) is 11.6 Å². The fourth-order valence-corrected chi connectivity index (χ4v) is 1.38. The first-order valence-electron chi connectivity index (χ1n) is 5.12. The standard InChI is InChI=1S/C10H13FN4O/c1-2-8(6-16)12-10-13-9-4-3-7(11)5-15(9)14-10/h3-5,8,16H,2,6H2,1H3,(H,12,14). The van der Waals surface area contributed by atoms with Crippen molar-refractivity contribution in [2.24, 2.45) is 0 Å². The maximum atomic E-state index is 12.9. The van der Waals surface area contributed by atoms with E-state index in [-0.39, 0.29) is 18.5 Å². The second-order valence-electron chi connectivity index (χ2n) is 3.52. The summed E-state index contributed by atoms with van der Waals surface area (Å²) in [5, 5.41) is 16.0. The van der Waals surface area contributed by atoms with Crippen LogP contribution >= 0.6 is 0 Å². The molecule has 0 fully saturated rings. The number of halogens is 1. The third-order valence-electron chi connectivity index (χ3n) is 2.34. The molecular formula is C10H13FN4O. The van der Waals surface area contributed by atoms with Crippen LogP contribution in [0.25, 0.3) is 5.65 Å². The van der Waals surface area contributed by atoms with Crippen molar-refractivity contribution in [3.63, 3.8) is 0 Å². The molecule has 0 amide bonds. The molecule has 0 radical (unpaired) electrons. The maximum absolute atomic E-state index is 12.9. The number of anilines is 1. The highest BCUT2D eigenvalue weighted by molar-refractivity contribution is 5.43. The van der Waals surface area contributed by atoms with Crippen molar-refractivity contribution >= 4 is 11.6 Å². The number of hydrogen-bond acceptors (Lipinski definition) is 4. The van der Waals surface area contributed by atoms with Gasteiger partial charge in [-0.3, -0.25) is 0 Å². The largest absolute Gasteiger partial charge is 0.394 e. The number of aliphatic hydroxyl groups excluding tert-OH is 1. The van der Waals surface area contributed by atoms with Crippen molar-refractivity contribution in [1.29, 1.82) is 0 Å². The van der Waals surface area contributed by atoms with Crippen LogP contribution in [0.2, 0.25) is 0 Å². The Balaban J connectivity index is 2.25. The highest BCUT2D eigenvalue weighted by Gasteiger charge is 2.08. The normalized spacial score (nSPS) is 12.9. The van der Waals surface area contributed by atoms with E-state index in [1.54, 1.807) is 6.07 Å². The van der Waals surface area contributed by atoms with Gasteiger partial charge in [-0.1, -0.05) is 6.92 Å². The molecule has 0 aromatic carbocycles. The Morgan fingerprint density at radius 2 is 2.38 bits per heavy atom. The Bertz CT molecular complexity index is 481. The van der Waals surface area contributed by atoms with E-state index < -0.39 is 0 Å². The van der Waals surface area contributed by atoms with Gasteiger partial charge in [0.15, 0.2) is 5.65 Å². The van der Waals surface area contributed by atoms with Gasteiger partial charge in [-0.25, -0.2) is 8.91 Å². The van der Waals surface area contributed by atoms with Crippen LogP contribution in [0.4, 0.5) is 10.3 Å². The number of aliphatic hydroxyl groups is 1. The smallest absolute Gasteiger partial charge is 0.243 e. The van der Waals surface area contributed by atoms with E-state index in [2.05, 4.69) is 15.4 Å². The van der Waals surface area contributed by atoms with Crippen molar-refractivity contribution in [3.05, 3.63) is 24.1 Å². The zero-order valence-corrected chi connectivity index (χ0v) is 8.89. The summed E-state index contributed by atoms with van der Waals surface area (Å²) in [5.74, 6) is 0.0321. The first-order valence-corrected chi connectivity index (χ1v) is 5.12. The Morgan fingerprint density at radius 3 is 3.06 bits per heavy atom. The van der Waals surface area contributed by atoms with Crippen molar-refractivity contribution in [1.82, 2.24) is 14.6 Å². The number of hydrogen-bond donors (Lipinski definition) is 2. The minimum Gasteiger partial charge on any atom is -0.394 e. The molecular weight excluding hydrogens is 211 g/mol. The van der Waals surface area contributed by atoms with Gasteiger partial charge in [0.1, 0.15) is 5.82 Å². The summed E-state index contributed by atoms with van der Waals surface area (Å²) in [6, 6.07) is 2.80. The number of nitrogens with zero attached hydrogens (tertiary/aromatic N) is 3. The first-order chi connectivity index (χ1) is 7.72. The van der Waals surface area contributed by atoms with E-state index in [1.165, 1.54) is 16.8 Å². The molecule has 2 N–H and O–H groups in total. The van der Waals surface area contributed by atoms with Gasteiger partial charge in [0.25, 0.3) is 0 Å². The van der Waals surface area contributed by atoms with Crippen molar-refractivity contribution in [2.45, 2.75) is 19.4 Å². The van der Waals surface area contributed by atoms with Gasteiger partial charge in [0.2, 0.25) is 5.95 Å². The molecule has 0 spiro atoms. The van der Waals surface area contributed by atoms with Gasteiger partial charge in [-0.05, 0) is 18.6 Å². The number of rotatable bonds is 4. The summed E-state index contributed by atoms with van der Waals surface area (Å²) in [5.41, 5.74) is 0.566. The molecule has 6 heteroatoms. The quantitative estimate of drug-likeness (QED) is 0.814. The molecule has 0 aliphatic rings. The third kappa shape index (κ3) is 2.11. The summed E-state index contributed by atoms with van der Waals surface area (Å²) >= 11 is 0. The van der Waals surface area contributed by atoms with Crippen LogP contribution in [0.1, 0.15) is 13.3 Å². The molecule has 2 rings (SSSR count). The summed E-state index contributed by atoms with van der Waals surface area (Å²) in [6.07, 6.45) is 2.02. The average molecular weight is 224 g/mol. The molecule has 0 aliphatic heterocycles. The summed E-state index contributed by atoms with van der Waals surface area (Å²) < 4.78 is 14.3. The van der Waals surface area contributed by atoms with Crippen LogP contribution < -0.4 is 5.32 Å². The predicted molar refractivity (Wildman–Crippen MR) is 57.7 cm³/mol. The monoisotopic (exact) mass is 224 g/mol. The van der Waals surface area contributed by atoms with E-state index >= 15 is 0 Å². The SMILES string of the molecule is CCC(CO)Nc1nc2ccc(F)cn2n1. The van der Waals surface area contributed by atoms with E-state index in [1.807, 2.05) is 6.92 Å². The molecule has 16 heavy (non-hydrogen) atoms. The summed E-state index contributed by atoms with van der Waals surface area (Å²) in [7, 11) is 0. The van der Waals surface area contributed by atoms with Gasteiger partial charge in [0.05, 0.1) is 18.8 Å². The second-order valence-corrected chi connectivity index (χ2v) is 3.52. The van der Waals surface area contributed by atoms with Gasteiger partial charge >= 0.3 is 0 Å². The van der Waals surface area contributed by atoms with E-state index in [0.717, 1.165) is 6.42 Å². The lowest BCUT2D eigenvalue weighted by atomic mass is 10.2. The van der Waals surface area contributed by atoms with E-state index in [4.69, 9.17) is 5.11 Å². The third-order valence-corrected chi connectivity index (χ3v) is 2.34. The van der Waals surface area contributed by atoms with Crippen LogP contribution in [-0.2, 0) is 0 Å². The van der Waals surface area contributed by atoms with Gasteiger partial charge in [-0.2, -0.15) is 4.98 Å². The summed E-state index contributed by atoms with van der Waals surface area (Å²) in [4.78, 5) is 4.15. The fraction of sp³-hybridized carbons (Fsp3) is 0.400. The minimum atomic E-state index is -0.363. The first kappa shape index (κ1) is 10.8. The average Bonchev–Trinajstić information content (AvgIpc) is 2.67. The van der Waals surface area contributed by atoms with Crippen molar-refractivity contribution < 1.29 is 9.50 Å². The Hall–Kier alpha value is -1.69. The lowest BCUT2D eigenvalue weighted by Gasteiger charge is -2.11. The Kier molecular flexibility index (Phi) is 3.00. The highest BCUT2D eigenvalue weighted by atomic mass is 19.1. The van der Waals surface area contributed by atoms with Crippen LogP contribution in [0.15, 0.2) is 18.3 Å². The molecule has 2 aromatic rings. The van der Waals surface area contributed by atoms with Gasteiger partial charge in [-0.15, -0.1) is 5.10 Å². The molecule has 1 atom stereocenters. The molecule has 1 unspecified atom stereocenters. The van der Waals surface area contributed by atoms with Crippen LogP contribution in [0.5, 0.6) is 0 Å². The van der Waals surface area contributed by atoms with E-state index in [9.17, 15) is 4.39 Å². The molecule has 0 bridgehead atoms. The van der Waals surface area contributed by atoms with Crippen molar-refractivity contribution in [2.75, 3.05) is 11.9 Å². The molecule has 2 heterocycles. The lowest BCUT2D eigenvalue weighted by molar-refractivity contribution is 0.271. The van der Waals surface area contributed by atoms with Gasteiger partial charge in [0, 0.05) is 0 Å². The summed E-state index contributed by atoms with van der Waals surface area (Å²) in [6.45, 7) is 1.96. The number of pyridine rings is 1. The fourth-order valence-electron chi connectivity index (χ4n) is 1.38. The molecule has 0 aliphatic carbocycles. The van der Waals surface area contributed by atoms with Crippen LogP contribution in [0, 0.1) is 5.82 Å². The zero-order chi connectivity index (χ0) is 11.5. The maximum Gasteiger partial charge on any atom is 0.243 e. The van der Waals surface area contributed by atoms with Gasteiger partial charge < -0.3 is 10.4 Å². The second kappa shape index (κ2) is 4.44. The number of nitrogens with one attached hydrogen (secondary N) is 1. The van der Waals surface area contributed by atoms with Crippen LogP contribution in [0.3, 0.4) is 0 Å². The molecule has 5 nitrogen and oxygen atoms in total. The Morgan fingerprint density at radius 1 is 1.56 bits per heavy atom. The Labute approximate surface area is 91.9 Å². The predicted octanol–water partition coefficient (Wildman–Crippen LogP) is 1.05. The topological polar surface area (TPSA) is 62.5 Å². The van der Waals surface area contributed by atoms with Crippen LogP contribution in [-0.4, -0.2) is 32.4 Å². The number of fused-ring (bicyclic) bond motifs is 1. The number of aromatic nitrogens is 3. The minimum absolute atomic E-state index is 0.0143. The highest BCUT2D eigenvalue weighted by Crippen LogP contribution is 2.08. The molecule has 86 valence electrons. The van der Waals surface area contributed by atoms with Crippen molar-refractivity contribution in [3.8, 4) is 0 Å². The lowest BCUT2D eigenvalue weighted by Crippen LogP contribution is -2.23. The molecule has 0 saturated heterocycles. The molecule has 0 saturated carbocycles.